The Morgan fingerprint density at radius 1 is 0.426 bits per heavy atom. The van der Waals surface area contributed by atoms with E-state index in [9.17, 15) is 0 Å². The minimum absolute atomic E-state index is 0.918. The molecule has 0 amide bonds. The summed E-state index contributed by atoms with van der Waals surface area (Å²) in [5.41, 5.74) is 13.8. The van der Waals surface area contributed by atoms with Gasteiger partial charge < -0.3 is 0 Å². The fraction of sp³-hybridized carbons (Fsp3) is 0.0182. The number of benzene rings is 8. The maximum atomic E-state index is 5.84. The molecule has 10 aromatic rings. The van der Waals surface area contributed by atoms with Crippen LogP contribution >= 0.6 is 0 Å². The summed E-state index contributed by atoms with van der Waals surface area (Å²) in [4.78, 5) is 11.6. The molecular formula is C55H30N6+2. The average Bonchev–Trinajstić information content (AvgIpc) is 4.04. The predicted octanol–water partition coefficient (Wildman–Crippen LogP) is 9.47. The lowest BCUT2D eigenvalue weighted by molar-refractivity contribution is -0.798. The van der Waals surface area contributed by atoms with Gasteiger partial charge >= 0.3 is 5.91 Å². The van der Waals surface area contributed by atoms with Crippen molar-refractivity contribution in [2.75, 3.05) is 0 Å². The van der Waals surface area contributed by atoms with Crippen molar-refractivity contribution in [1.82, 2.24) is 9.13 Å². The zero-order valence-corrected chi connectivity index (χ0v) is 32.5. The van der Waals surface area contributed by atoms with Crippen LogP contribution in [0.15, 0.2) is 192 Å². The van der Waals surface area contributed by atoms with Crippen LogP contribution in [0.2, 0.25) is 0 Å². The highest BCUT2D eigenvalue weighted by Gasteiger charge is 2.73. The molecule has 16 rings (SSSR count). The van der Waals surface area contributed by atoms with Gasteiger partial charge in [0.2, 0.25) is 22.7 Å². The maximum absolute atomic E-state index is 5.84. The molecule has 6 aliphatic heterocycles. The van der Waals surface area contributed by atoms with Crippen LogP contribution < -0.4 is 10.8 Å². The Bertz CT molecular complexity index is 4080. The molecule has 0 aliphatic carbocycles. The molecule has 6 heteroatoms. The first-order valence-corrected chi connectivity index (χ1v) is 21.0. The van der Waals surface area contributed by atoms with E-state index < -0.39 is 5.91 Å². The molecule has 1 spiro atoms. The molecule has 1 unspecified atom stereocenters. The molecule has 8 heterocycles. The summed E-state index contributed by atoms with van der Waals surface area (Å²) < 4.78 is 10.4. The molecule has 0 bridgehead atoms. The smallest absolute Gasteiger partial charge is 0.195 e. The van der Waals surface area contributed by atoms with E-state index in [1.165, 1.54) is 71.6 Å². The topological polar surface area (TPSA) is 40.6 Å². The molecule has 0 radical (unpaired) electrons. The number of fused-ring (bicyclic) bond motifs is 14. The van der Waals surface area contributed by atoms with Crippen molar-refractivity contribution in [3.05, 3.63) is 232 Å². The molecule has 0 saturated heterocycles. The third kappa shape index (κ3) is 3.35. The Balaban J connectivity index is 1.27. The molecule has 1 atom stereocenters. The fourth-order valence-electron chi connectivity index (χ4n) is 11.8. The molecule has 278 valence electrons. The van der Waals surface area contributed by atoms with Gasteiger partial charge in [-0.3, -0.25) is 0 Å². The molecule has 0 N–H and O–H groups in total. The van der Waals surface area contributed by atoms with E-state index in [-0.39, 0.29) is 0 Å². The van der Waals surface area contributed by atoms with Crippen molar-refractivity contribution in [1.29, 1.82) is 0 Å². The Morgan fingerprint density at radius 2 is 1.00 bits per heavy atom. The first kappa shape index (κ1) is 30.8. The Morgan fingerprint density at radius 3 is 1.72 bits per heavy atom. The Hall–Kier alpha value is -8.22. The largest absolute Gasteiger partial charge is 0.482 e. The highest BCUT2D eigenvalue weighted by Crippen LogP contribution is 2.57. The molecule has 2 aromatic heterocycles. The second-order valence-electron chi connectivity index (χ2n) is 16.9. The standard InChI is InChI=1S/C55H30N6/c1-3-15-31(16-4-1)45-47-37-23-11-12-24-38(37)51-56-52-39-25-13-14-26-40(39)53-57-54-44-30-36-22-10-9-21-35(36)29-43(44)50-46(32-17-5-2-6-18-32)49-42-28-34-20-8-7-19-33(34)27-41(42)48(45)58(49)55(59(47)51,60(50)54)61(52)53/h1-30H/q+2. The zero-order chi connectivity index (χ0) is 39.3. The molecular weight excluding hydrogens is 745 g/mol. The van der Waals surface area contributed by atoms with Crippen LogP contribution in [0.4, 0.5) is 5.82 Å². The van der Waals surface area contributed by atoms with Gasteiger partial charge in [-0.15, -0.1) is 9.15 Å². The number of amidine groups is 2. The summed E-state index contributed by atoms with van der Waals surface area (Å²) in [6.45, 7) is 0. The van der Waals surface area contributed by atoms with Crippen molar-refractivity contribution in [3.8, 4) is 0 Å². The SMILES string of the molecule is c1ccc(C2=C3c4cc5ccccc5cc4C4=[N+]3C35n6c(c7ccccc7c62)N=C2c6ccccc6C(=[N+]23)N=c2c3cc6ccccc6cc3c(n25)=C4c2ccccc2)cc1. The summed E-state index contributed by atoms with van der Waals surface area (Å²) in [7, 11) is 0. The number of aliphatic imine (C=N–C) groups is 1. The van der Waals surface area contributed by atoms with Crippen LogP contribution in [0.25, 0.3) is 59.9 Å². The summed E-state index contributed by atoms with van der Waals surface area (Å²) >= 11 is 0. The van der Waals surface area contributed by atoms with Crippen molar-refractivity contribution in [2.24, 2.45) is 9.98 Å². The first-order chi connectivity index (χ1) is 30.3. The zero-order valence-electron chi connectivity index (χ0n) is 32.5. The fourth-order valence-corrected chi connectivity index (χ4v) is 11.8. The number of hydrogen-bond acceptors (Lipinski definition) is 2. The predicted molar refractivity (Wildman–Crippen MR) is 242 cm³/mol. The van der Waals surface area contributed by atoms with Crippen LogP contribution in [0, 0.1) is 0 Å². The van der Waals surface area contributed by atoms with E-state index in [2.05, 4.69) is 200 Å². The Kier molecular flexibility index (Phi) is 5.21. The van der Waals surface area contributed by atoms with Crippen molar-refractivity contribution >= 4 is 83.1 Å². The van der Waals surface area contributed by atoms with Gasteiger partial charge in [0.25, 0.3) is 11.7 Å². The van der Waals surface area contributed by atoms with E-state index in [4.69, 9.17) is 9.98 Å². The molecule has 0 fully saturated rings. The van der Waals surface area contributed by atoms with Crippen LogP contribution in [0.1, 0.15) is 39.1 Å². The lowest BCUT2D eigenvalue weighted by Gasteiger charge is -2.41. The Labute approximate surface area is 347 Å². The van der Waals surface area contributed by atoms with Gasteiger partial charge in [0.1, 0.15) is 0 Å². The molecule has 6 aliphatic rings. The maximum Gasteiger partial charge on any atom is 0.482 e. The summed E-state index contributed by atoms with van der Waals surface area (Å²) in [6, 6.07) is 67.0. The van der Waals surface area contributed by atoms with Gasteiger partial charge in [0, 0.05) is 21.5 Å². The number of rotatable bonds is 2. The van der Waals surface area contributed by atoms with Crippen molar-refractivity contribution in [2.45, 2.75) is 5.91 Å². The van der Waals surface area contributed by atoms with E-state index in [1.807, 2.05) is 0 Å². The van der Waals surface area contributed by atoms with Crippen molar-refractivity contribution < 1.29 is 9.15 Å². The van der Waals surface area contributed by atoms with Gasteiger partial charge in [-0.25, -0.2) is 0 Å². The second kappa shape index (κ2) is 10.3. The minimum Gasteiger partial charge on any atom is -0.195 e. The van der Waals surface area contributed by atoms with Gasteiger partial charge in [-0.05, 0) is 75.1 Å². The van der Waals surface area contributed by atoms with Gasteiger partial charge in [-0.2, -0.15) is 9.13 Å². The molecule has 0 saturated carbocycles. The summed E-state index contributed by atoms with van der Waals surface area (Å²) in [5, 5.41) is 10.6. The average molecular weight is 775 g/mol. The van der Waals surface area contributed by atoms with E-state index in [0.29, 0.717) is 0 Å². The normalized spacial score (nSPS) is 18.2. The van der Waals surface area contributed by atoms with Crippen LogP contribution in [-0.2, 0) is 5.91 Å². The quantitative estimate of drug-likeness (QED) is 0.157. The van der Waals surface area contributed by atoms with Gasteiger partial charge in [0.05, 0.1) is 44.4 Å². The number of hydrogen-bond donors (Lipinski definition) is 0. The van der Waals surface area contributed by atoms with Gasteiger partial charge in [-0.1, -0.05) is 150 Å². The number of nitrogens with zero attached hydrogens (tertiary/aromatic N) is 6. The third-order valence-electron chi connectivity index (χ3n) is 14.0. The molecule has 8 aromatic carbocycles. The van der Waals surface area contributed by atoms with E-state index in [0.717, 1.165) is 61.5 Å². The summed E-state index contributed by atoms with van der Waals surface area (Å²) in [6.07, 6.45) is 0. The summed E-state index contributed by atoms with van der Waals surface area (Å²) in [5.74, 6) is 1.76. The van der Waals surface area contributed by atoms with E-state index >= 15 is 0 Å². The van der Waals surface area contributed by atoms with Gasteiger partial charge in [0.15, 0.2) is 0 Å². The highest BCUT2D eigenvalue weighted by molar-refractivity contribution is 6.35. The first-order valence-electron chi connectivity index (χ1n) is 21.0. The lowest BCUT2D eigenvalue weighted by atomic mass is 9.89. The van der Waals surface area contributed by atoms with E-state index in [1.54, 1.807) is 0 Å². The minimum atomic E-state index is -1.03. The second-order valence-corrected chi connectivity index (χ2v) is 16.9. The highest BCUT2D eigenvalue weighted by atomic mass is 15.7. The lowest BCUT2D eigenvalue weighted by Crippen LogP contribution is -2.71. The van der Waals surface area contributed by atoms with Crippen LogP contribution in [0.3, 0.4) is 0 Å². The van der Waals surface area contributed by atoms with Crippen LogP contribution in [0.5, 0.6) is 0 Å². The third-order valence-corrected chi connectivity index (χ3v) is 14.0. The van der Waals surface area contributed by atoms with Crippen molar-refractivity contribution in [3.63, 3.8) is 0 Å². The van der Waals surface area contributed by atoms with Crippen LogP contribution in [-0.4, -0.2) is 35.7 Å². The number of aromatic nitrogens is 2. The monoisotopic (exact) mass is 774 g/mol. The molecule has 61 heavy (non-hydrogen) atoms. The molecule has 6 nitrogen and oxygen atoms in total.